The molecule has 1 saturated heterocycles. The lowest BCUT2D eigenvalue weighted by molar-refractivity contribution is 0.299. The van der Waals surface area contributed by atoms with E-state index in [1.54, 1.807) is 0 Å². The molecule has 0 N–H and O–H groups in total. The summed E-state index contributed by atoms with van der Waals surface area (Å²) in [5.74, 6) is 3.38. The zero-order valence-electron chi connectivity index (χ0n) is 13.2. The van der Waals surface area contributed by atoms with Crippen LogP contribution in [0.25, 0.3) is 0 Å². The van der Waals surface area contributed by atoms with Gasteiger partial charge in [0.1, 0.15) is 5.82 Å². The Kier molecular flexibility index (Phi) is 3.21. The Hall–Kier alpha value is -1.50. The predicted octanol–water partition coefficient (Wildman–Crippen LogP) is 2.91. The first-order chi connectivity index (χ1) is 10.6. The maximum Gasteiger partial charge on any atom is 0.224 e. The average Bonchev–Trinajstić information content (AvgIpc) is 3.19. The molecule has 0 radical (unpaired) electrons. The molecule has 0 aromatic carbocycles. The second-order valence-corrected chi connectivity index (χ2v) is 7.57. The van der Waals surface area contributed by atoms with Crippen LogP contribution in [0.15, 0.2) is 4.42 Å². The Morgan fingerprint density at radius 3 is 2.91 bits per heavy atom. The number of hydrogen-bond donors (Lipinski definition) is 0. The molecule has 2 aliphatic rings. The van der Waals surface area contributed by atoms with Crippen LogP contribution in [0.5, 0.6) is 0 Å². The van der Waals surface area contributed by atoms with Crippen LogP contribution >= 0.6 is 11.5 Å². The minimum Gasteiger partial charge on any atom is -0.425 e. The van der Waals surface area contributed by atoms with Gasteiger partial charge in [0.2, 0.25) is 16.9 Å². The van der Waals surface area contributed by atoms with Crippen LogP contribution in [0.4, 0.5) is 5.13 Å². The molecule has 6 nitrogen and oxygen atoms in total. The van der Waals surface area contributed by atoms with Crippen LogP contribution in [-0.2, 0) is 5.41 Å². The number of aromatic nitrogens is 4. The van der Waals surface area contributed by atoms with Crippen LogP contribution in [0.2, 0.25) is 0 Å². The SMILES string of the molecule is Cc1nnc([C@]23CCC[C@H]2CN(c2nc(C(C)C)ns2)C3)o1. The van der Waals surface area contributed by atoms with Gasteiger partial charge >= 0.3 is 0 Å². The topological polar surface area (TPSA) is 67.9 Å². The smallest absolute Gasteiger partial charge is 0.224 e. The highest BCUT2D eigenvalue weighted by atomic mass is 32.1. The molecular weight excluding hydrogens is 298 g/mol. The third-order valence-corrected chi connectivity index (χ3v) is 5.83. The normalized spacial score (nSPS) is 27.8. The van der Waals surface area contributed by atoms with E-state index in [0.29, 0.717) is 17.7 Å². The third-order valence-electron chi connectivity index (χ3n) is 5.04. The summed E-state index contributed by atoms with van der Waals surface area (Å²) in [6, 6.07) is 0. The maximum absolute atomic E-state index is 5.82. The first kappa shape index (κ1) is 14.1. The lowest BCUT2D eigenvalue weighted by Crippen LogP contribution is -2.32. The molecule has 1 aliphatic carbocycles. The molecule has 4 rings (SSSR count). The first-order valence-electron chi connectivity index (χ1n) is 7.97. The van der Waals surface area contributed by atoms with Crippen molar-refractivity contribution in [3.05, 3.63) is 17.6 Å². The van der Waals surface area contributed by atoms with E-state index in [9.17, 15) is 0 Å². The van der Waals surface area contributed by atoms with Gasteiger partial charge in [-0.3, -0.25) is 0 Å². The van der Waals surface area contributed by atoms with E-state index in [4.69, 9.17) is 9.40 Å². The molecule has 22 heavy (non-hydrogen) atoms. The zero-order valence-corrected chi connectivity index (χ0v) is 14.1. The molecule has 1 aliphatic heterocycles. The number of fused-ring (bicyclic) bond motifs is 1. The molecule has 2 aromatic rings. The summed E-state index contributed by atoms with van der Waals surface area (Å²) in [6.07, 6.45) is 3.60. The second kappa shape index (κ2) is 5.01. The van der Waals surface area contributed by atoms with E-state index >= 15 is 0 Å². The van der Waals surface area contributed by atoms with Gasteiger partial charge in [-0.2, -0.15) is 4.37 Å². The summed E-state index contributed by atoms with van der Waals surface area (Å²) in [4.78, 5) is 7.08. The van der Waals surface area contributed by atoms with Gasteiger partial charge in [-0.25, -0.2) is 4.98 Å². The summed E-state index contributed by atoms with van der Waals surface area (Å²) >= 11 is 1.51. The fourth-order valence-corrected chi connectivity index (χ4v) is 4.69. The largest absolute Gasteiger partial charge is 0.425 e. The summed E-state index contributed by atoms with van der Waals surface area (Å²) in [6.45, 7) is 8.07. The quantitative estimate of drug-likeness (QED) is 0.866. The molecule has 0 bridgehead atoms. The maximum atomic E-state index is 5.82. The van der Waals surface area contributed by atoms with E-state index in [2.05, 4.69) is 33.3 Å². The van der Waals surface area contributed by atoms with Gasteiger partial charge < -0.3 is 9.32 Å². The highest BCUT2D eigenvalue weighted by Gasteiger charge is 2.54. The Balaban J connectivity index is 1.64. The van der Waals surface area contributed by atoms with Crippen molar-refractivity contribution in [2.24, 2.45) is 5.92 Å². The lowest BCUT2D eigenvalue weighted by Gasteiger charge is -2.24. The van der Waals surface area contributed by atoms with Gasteiger partial charge in [-0.05, 0) is 18.8 Å². The second-order valence-electron chi connectivity index (χ2n) is 6.84. The van der Waals surface area contributed by atoms with Crippen molar-refractivity contribution in [2.45, 2.75) is 51.4 Å². The number of hydrogen-bond acceptors (Lipinski definition) is 7. The summed E-state index contributed by atoms with van der Waals surface area (Å²) in [7, 11) is 0. The van der Waals surface area contributed by atoms with E-state index in [1.165, 1.54) is 24.4 Å². The predicted molar refractivity (Wildman–Crippen MR) is 84.3 cm³/mol. The third kappa shape index (κ3) is 2.06. The van der Waals surface area contributed by atoms with Gasteiger partial charge in [-0.1, -0.05) is 20.3 Å². The highest BCUT2D eigenvalue weighted by Crippen LogP contribution is 2.51. The fraction of sp³-hybridized carbons (Fsp3) is 0.733. The molecule has 0 spiro atoms. The molecule has 2 atom stereocenters. The van der Waals surface area contributed by atoms with Gasteiger partial charge in [0.25, 0.3) is 0 Å². The van der Waals surface area contributed by atoms with Crippen LogP contribution < -0.4 is 4.90 Å². The van der Waals surface area contributed by atoms with Gasteiger partial charge in [-0.15, -0.1) is 10.2 Å². The van der Waals surface area contributed by atoms with E-state index in [0.717, 1.165) is 36.4 Å². The molecule has 0 amide bonds. The molecule has 7 heteroatoms. The van der Waals surface area contributed by atoms with Gasteiger partial charge in [0, 0.05) is 37.5 Å². The highest BCUT2D eigenvalue weighted by molar-refractivity contribution is 7.09. The van der Waals surface area contributed by atoms with Crippen molar-refractivity contribution in [1.82, 2.24) is 19.6 Å². The van der Waals surface area contributed by atoms with Crippen molar-refractivity contribution in [3.8, 4) is 0 Å². The Morgan fingerprint density at radius 1 is 1.36 bits per heavy atom. The molecule has 3 heterocycles. The summed E-state index contributed by atoms with van der Waals surface area (Å²) < 4.78 is 10.3. The Bertz CT molecular complexity index is 681. The zero-order chi connectivity index (χ0) is 15.3. The van der Waals surface area contributed by atoms with Crippen LogP contribution in [0.3, 0.4) is 0 Å². The van der Waals surface area contributed by atoms with Crippen molar-refractivity contribution in [3.63, 3.8) is 0 Å². The molecule has 0 unspecified atom stereocenters. The van der Waals surface area contributed by atoms with E-state index < -0.39 is 0 Å². The van der Waals surface area contributed by atoms with Crippen molar-refractivity contribution in [2.75, 3.05) is 18.0 Å². The van der Waals surface area contributed by atoms with Crippen molar-refractivity contribution < 1.29 is 4.42 Å². The van der Waals surface area contributed by atoms with Gasteiger partial charge in [0.05, 0.1) is 5.41 Å². The molecule has 1 saturated carbocycles. The number of anilines is 1. The minimum atomic E-state index is 0.0188. The monoisotopic (exact) mass is 319 g/mol. The fourth-order valence-electron chi connectivity index (χ4n) is 3.87. The summed E-state index contributed by atoms with van der Waals surface area (Å²) in [5.41, 5.74) is 0.0188. The van der Waals surface area contributed by atoms with Crippen LogP contribution in [0.1, 0.15) is 56.6 Å². The Morgan fingerprint density at radius 2 is 2.23 bits per heavy atom. The van der Waals surface area contributed by atoms with Crippen LogP contribution in [0, 0.1) is 12.8 Å². The van der Waals surface area contributed by atoms with Gasteiger partial charge in [0.15, 0.2) is 0 Å². The van der Waals surface area contributed by atoms with Crippen LogP contribution in [-0.4, -0.2) is 32.6 Å². The molecule has 2 fully saturated rings. The number of aryl methyl sites for hydroxylation is 1. The number of nitrogens with zero attached hydrogens (tertiary/aromatic N) is 5. The number of rotatable bonds is 3. The molecule has 2 aromatic heterocycles. The van der Waals surface area contributed by atoms with Crippen molar-refractivity contribution in [1.29, 1.82) is 0 Å². The lowest BCUT2D eigenvalue weighted by atomic mass is 9.80. The first-order valence-corrected chi connectivity index (χ1v) is 8.75. The Labute approximate surface area is 134 Å². The average molecular weight is 319 g/mol. The summed E-state index contributed by atoms with van der Waals surface area (Å²) in [5, 5.41) is 9.43. The molecular formula is C15H21N5OS. The van der Waals surface area contributed by atoms with E-state index in [-0.39, 0.29) is 5.41 Å². The van der Waals surface area contributed by atoms with E-state index in [1.807, 2.05) is 6.92 Å². The standard InChI is InChI=1S/C15H21N5OS/c1-9(2)12-16-14(22-19-12)20-7-11-5-4-6-15(11,8-20)13-18-17-10(3)21-13/h9,11H,4-8H2,1-3H3/t11-,15-/m0/s1. The molecule has 118 valence electrons. The minimum absolute atomic E-state index is 0.0188. The van der Waals surface area contributed by atoms with Crippen molar-refractivity contribution >= 4 is 16.7 Å².